The summed E-state index contributed by atoms with van der Waals surface area (Å²) < 4.78 is 15.4. The first kappa shape index (κ1) is 13.9. The molecule has 0 aliphatic rings. The molecule has 0 bridgehead atoms. The van der Waals surface area contributed by atoms with Crippen LogP contribution in [0.5, 0.6) is 11.5 Å². The summed E-state index contributed by atoms with van der Waals surface area (Å²) in [6.45, 7) is 2.01. The molecule has 2 rings (SSSR count). The molecule has 6 nitrogen and oxygen atoms in total. The largest absolute Gasteiger partial charge is 0.493 e. The zero-order chi connectivity index (χ0) is 14.7. The monoisotopic (exact) mass is 277 g/mol. The second-order valence-corrected chi connectivity index (χ2v) is 4.11. The molecule has 0 saturated carbocycles. The first-order chi connectivity index (χ1) is 9.60. The van der Waals surface area contributed by atoms with Gasteiger partial charge in [0.05, 0.1) is 14.2 Å². The topological polar surface area (TPSA) is 81.8 Å². The molecule has 0 aliphatic carbocycles. The van der Waals surface area contributed by atoms with Gasteiger partial charge in [-0.2, -0.15) is 0 Å². The predicted molar refractivity (Wildman–Crippen MR) is 71.4 cm³/mol. The minimum absolute atomic E-state index is 0.220. The fourth-order valence-electron chi connectivity index (χ4n) is 1.92. The van der Waals surface area contributed by atoms with Gasteiger partial charge in [0.1, 0.15) is 5.69 Å². The summed E-state index contributed by atoms with van der Waals surface area (Å²) in [7, 11) is 3.07. The van der Waals surface area contributed by atoms with Gasteiger partial charge >= 0.3 is 5.97 Å². The zero-order valence-electron chi connectivity index (χ0n) is 11.5. The molecule has 2 aromatic rings. The molecule has 1 aromatic carbocycles. The summed E-state index contributed by atoms with van der Waals surface area (Å²) in [6.07, 6.45) is 0.803. The zero-order valence-corrected chi connectivity index (χ0v) is 11.5. The summed E-state index contributed by atoms with van der Waals surface area (Å²) in [5.41, 5.74) is 2.06. The Labute approximate surface area is 115 Å². The quantitative estimate of drug-likeness (QED) is 0.904. The second-order valence-electron chi connectivity index (χ2n) is 4.11. The molecular weight excluding hydrogens is 262 g/mol. The molecule has 0 amide bonds. The highest BCUT2D eigenvalue weighted by Crippen LogP contribution is 2.39. The fourth-order valence-corrected chi connectivity index (χ4v) is 1.92. The van der Waals surface area contributed by atoms with Gasteiger partial charge in [0.2, 0.25) is 5.76 Å². The lowest BCUT2D eigenvalue weighted by Crippen LogP contribution is -1.96. The van der Waals surface area contributed by atoms with E-state index in [2.05, 4.69) is 5.16 Å². The molecule has 0 aliphatic heterocycles. The van der Waals surface area contributed by atoms with E-state index in [0.29, 0.717) is 22.8 Å². The molecule has 20 heavy (non-hydrogen) atoms. The van der Waals surface area contributed by atoms with Crippen molar-refractivity contribution in [1.29, 1.82) is 0 Å². The third-order valence-corrected chi connectivity index (χ3v) is 2.94. The molecule has 0 radical (unpaired) electrons. The standard InChI is InChI=1S/C14H15NO5/c1-4-8-5-9(13(19-3)11(6-8)18-2)10-7-12(14(16)17)20-15-10/h5-7H,4H2,1-3H3,(H,16,17). The van der Waals surface area contributed by atoms with Crippen LogP contribution in [0.2, 0.25) is 0 Å². The second kappa shape index (κ2) is 5.64. The van der Waals surface area contributed by atoms with E-state index < -0.39 is 5.97 Å². The number of aryl methyl sites for hydroxylation is 1. The number of carboxylic acids is 1. The van der Waals surface area contributed by atoms with Gasteiger partial charge in [0.15, 0.2) is 11.5 Å². The summed E-state index contributed by atoms with van der Waals surface area (Å²) in [5, 5.41) is 12.7. The van der Waals surface area contributed by atoms with Gasteiger partial charge in [-0.05, 0) is 24.1 Å². The molecule has 6 heteroatoms. The number of methoxy groups -OCH3 is 2. The van der Waals surface area contributed by atoms with Gasteiger partial charge in [-0.3, -0.25) is 0 Å². The van der Waals surface area contributed by atoms with Crippen molar-refractivity contribution in [1.82, 2.24) is 5.16 Å². The van der Waals surface area contributed by atoms with Crippen LogP contribution in [-0.4, -0.2) is 30.5 Å². The molecular formula is C14H15NO5. The lowest BCUT2D eigenvalue weighted by Gasteiger charge is -2.13. The molecule has 1 aromatic heterocycles. The van der Waals surface area contributed by atoms with Crippen molar-refractivity contribution in [3.05, 3.63) is 29.5 Å². The summed E-state index contributed by atoms with van der Waals surface area (Å²) >= 11 is 0. The molecule has 1 N–H and O–H groups in total. The van der Waals surface area contributed by atoms with E-state index in [1.165, 1.54) is 13.2 Å². The third-order valence-electron chi connectivity index (χ3n) is 2.94. The van der Waals surface area contributed by atoms with Gasteiger partial charge in [0.25, 0.3) is 0 Å². The van der Waals surface area contributed by atoms with Crippen molar-refractivity contribution < 1.29 is 23.9 Å². The Balaban J connectivity index is 2.60. The minimum atomic E-state index is -1.17. The third kappa shape index (κ3) is 2.45. The fraction of sp³-hybridized carbons (Fsp3) is 0.286. The molecule has 106 valence electrons. The predicted octanol–water partition coefficient (Wildman–Crippen LogP) is 2.62. The Hall–Kier alpha value is -2.50. The van der Waals surface area contributed by atoms with Crippen LogP contribution in [0.1, 0.15) is 23.0 Å². The Morgan fingerprint density at radius 3 is 2.55 bits per heavy atom. The van der Waals surface area contributed by atoms with Crippen LogP contribution in [0.4, 0.5) is 0 Å². The minimum Gasteiger partial charge on any atom is -0.493 e. The van der Waals surface area contributed by atoms with Gasteiger partial charge in [-0.1, -0.05) is 12.1 Å². The van der Waals surface area contributed by atoms with Gasteiger partial charge in [-0.25, -0.2) is 4.79 Å². The van der Waals surface area contributed by atoms with Crippen molar-refractivity contribution >= 4 is 5.97 Å². The van der Waals surface area contributed by atoms with Crippen LogP contribution in [0, 0.1) is 0 Å². The lowest BCUT2D eigenvalue weighted by atomic mass is 10.0. The number of rotatable bonds is 5. The van der Waals surface area contributed by atoms with Crippen LogP contribution in [0.25, 0.3) is 11.3 Å². The number of aromatic carboxylic acids is 1. The van der Waals surface area contributed by atoms with Crippen LogP contribution in [0.15, 0.2) is 22.7 Å². The summed E-state index contributed by atoms with van der Waals surface area (Å²) in [4.78, 5) is 10.9. The van der Waals surface area contributed by atoms with E-state index in [1.807, 2.05) is 19.1 Å². The number of ether oxygens (including phenoxy) is 2. The van der Waals surface area contributed by atoms with E-state index in [0.717, 1.165) is 12.0 Å². The number of carboxylic acid groups (broad SMARTS) is 1. The van der Waals surface area contributed by atoms with E-state index in [4.69, 9.17) is 19.1 Å². The average Bonchev–Trinajstić information content (AvgIpc) is 2.95. The number of aromatic nitrogens is 1. The number of benzene rings is 1. The molecule has 0 atom stereocenters. The van der Waals surface area contributed by atoms with E-state index in [9.17, 15) is 4.79 Å². The Kier molecular flexibility index (Phi) is 3.93. The Bertz CT molecular complexity index is 632. The molecule has 1 heterocycles. The van der Waals surface area contributed by atoms with Crippen LogP contribution in [-0.2, 0) is 6.42 Å². The summed E-state index contributed by atoms with van der Waals surface area (Å²) in [6, 6.07) is 5.12. The van der Waals surface area contributed by atoms with Crippen molar-refractivity contribution in [3.8, 4) is 22.8 Å². The molecule has 0 unspecified atom stereocenters. The number of nitrogens with zero attached hydrogens (tertiary/aromatic N) is 1. The highest BCUT2D eigenvalue weighted by atomic mass is 16.5. The van der Waals surface area contributed by atoms with Crippen molar-refractivity contribution in [2.24, 2.45) is 0 Å². The SMILES string of the molecule is CCc1cc(OC)c(OC)c(-c2cc(C(=O)O)on2)c1. The maximum absolute atomic E-state index is 10.9. The van der Waals surface area contributed by atoms with Gasteiger partial charge in [0, 0.05) is 11.6 Å². The first-order valence-electron chi connectivity index (χ1n) is 6.06. The number of carbonyl (C=O) groups is 1. The van der Waals surface area contributed by atoms with Crippen molar-refractivity contribution in [3.63, 3.8) is 0 Å². The van der Waals surface area contributed by atoms with E-state index >= 15 is 0 Å². The number of hydrogen-bond acceptors (Lipinski definition) is 5. The first-order valence-corrected chi connectivity index (χ1v) is 6.06. The summed E-state index contributed by atoms with van der Waals surface area (Å²) in [5.74, 6) is -0.319. The maximum atomic E-state index is 10.9. The van der Waals surface area contributed by atoms with Crippen LogP contribution in [0.3, 0.4) is 0 Å². The highest BCUT2D eigenvalue weighted by molar-refractivity contribution is 5.86. The van der Waals surface area contributed by atoms with Crippen LogP contribution >= 0.6 is 0 Å². The Morgan fingerprint density at radius 1 is 1.30 bits per heavy atom. The van der Waals surface area contributed by atoms with Crippen LogP contribution < -0.4 is 9.47 Å². The smallest absolute Gasteiger partial charge is 0.374 e. The molecule has 0 saturated heterocycles. The molecule has 0 spiro atoms. The lowest BCUT2D eigenvalue weighted by molar-refractivity contribution is 0.0652. The van der Waals surface area contributed by atoms with E-state index in [-0.39, 0.29) is 5.76 Å². The van der Waals surface area contributed by atoms with Gasteiger partial charge in [-0.15, -0.1) is 0 Å². The molecule has 0 fully saturated rings. The highest BCUT2D eigenvalue weighted by Gasteiger charge is 2.19. The average molecular weight is 277 g/mol. The number of hydrogen-bond donors (Lipinski definition) is 1. The normalized spacial score (nSPS) is 10.3. The Morgan fingerprint density at radius 2 is 2.05 bits per heavy atom. The van der Waals surface area contributed by atoms with Crippen molar-refractivity contribution in [2.45, 2.75) is 13.3 Å². The van der Waals surface area contributed by atoms with Crippen molar-refractivity contribution in [2.75, 3.05) is 14.2 Å². The van der Waals surface area contributed by atoms with E-state index in [1.54, 1.807) is 7.11 Å². The maximum Gasteiger partial charge on any atom is 0.374 e. The van der Waals surface area contributed by atoms with Gasteiger partial charge < -0.3 is 19.1 Å².